The lowest BCUT2D eigenvalue weighted by atomic mass is 9.69. The van der Waals surface area contributed by atoms with E-state index in [-0.39, 0.29) is 17.7 Å². The van der Waals surface area contributed by atoms with Crippen molar-refractivity contribution in [1.82, 2.24) is 5.32 Å². The maximum atomic E-state index is 13.4. The van der Waals surface area contributed by atoms with Crippen LogP contribution in [0.3, 0.4) is 0 Å². The number of ketones is 1. The van der Waals surface area contributed by atoms with Crippen LogP contribution in [0.25, 0.3) is 0 Å². The van der Waals surface area contributed by atoms with Gasteiger partial charge in [0.05, 0.1) is 7.11 Å². The number of hydrogen-bond acceptors (Lipinski definition) is 6. The number of carbonyl (C=O) groups is 2. The molecule has 4 rings (SSSR count). The molecule has 0 bridgehead atoms. The molecule has 1 N–H and O–H groups in total. The number of hydrogen-bond donors (Lipinski definition) is 1. The van der Waals surface area contributed by atoms with E-state index < -0.39 is 11.8 Å². The number of anilines is 1. The predicted octanol–water partition coefficient (Wildman–Crippen LogP) is 4.20. The molecule has 1 aromatic carbocycles. The van der Waals surface area contributed by atoms with E-state index in [1.807, 2.05) is 54.7 Å². The smallest absolute Gasteiger partial charge is 0.315 e. The highest BCUT2D eigenvalue weighted by atomic mass is 32.1. The highest BCUT2D eigenvalue weighted by Gasteiger charge is 2.45. The van der Waals surface area contributed by atoms with Crippen molar-refractivity contribution < 1.29 is 14.3 Å². The molecule has 1 aliphatic carbocycles. The third kappa shape index (κ3) is 3.56. The third-order valence-electron chi connectivity index (χ3n) is 6.01. The number of Topliss-reactive ketones (excluding diaryl/α,β-unsaturated/α-hetero) is 1. The molecular formula is C24H26N2O3S. The van der Waals surface area contributed by atoms with Gasteiger partial charge in [0.2, 0.25) is 0 Å². The Morgan fingerprint density at radius 2 is 1.93 bits per heavy atom. The number of benzene rings is 1. The number of thiophene rings is 1. The topological polar surface area (TPSA) is 58.6 Å². The van der Waals surface area contributed by atoms with E-state index in [4.69, 9.17) is 4.74 Å². The summed E-state index contributed by atoms with van der Waals surface area (Å²) in [5, 5.41) is 5.34. The summed E-state index contributed by atoms with van der Waals surface area (Å²) in [4.78, 5) is 29.3. The average Bonchev–Trinajstić information content (AvgIpc) is 3.27. The van der Waals surface area contributed by atoms with Crippen LogP contribution in [0, 0.1) is 5.92 Å². The third-order valence-corrected chi connectivity index (χ3v) is 7.04. The van der Waals surface area contributed by atoms with Crippen molar-refractivity contribution in [3.05, 3.63) is 75.8 Å². The Morgan fingerprint density at radius 3 is 2.53 bits per heavy atom. The summed E-state index contributed by atoms with van der Waals surface area (Å²) < 4.78 is 5.09. The number of nitrogens with zero attached hydrogens (tertiary/aromatic N) is 1. The molecule has 6 heteroatoms. The average molecular weight is 423 g/mol. The maximum absolute atomic E-state index is 13.4. The van der Waals surface area contributed by atoms with Crippen LogP contribution >= 0.6 is 11.3 Å². The first-order valence-electron chi connectivity index (χ1n) is 10.0. The molecule has 3 atom stereocenters. The van der Waals surface area contributed by atoms with Crippen LogP contribution in [0.5, 0.6) is 0 Å². The van der Waals surface area contributed by atoms with E-state index in [1.54, 1.807) is 11.3 Å². The van der Waals surface area contributed by atoms with Gasteiger partial charge in [-0.2, -0.15) is 0 Å². The number of esters is 1. The lowest BCUT2D eigenvalue weighted by Gasteiger charge is -2.39. The molecule has 0 spiro atoms. The molecule has 0 radical (unpaired) electrons. The summed E-state index contributed by atoms with van der Waals surface area (Å²) in [5.74, 6) is -1.17. The number of allylic oxidation sites excluding steroid dienone is 2. The van der Waals surface area contributed by atoms with Crippen molar-refractivity contribution in [3.8, 4) is 0 Å². The molecular weight excluding hydrogens is 396 g/mol. The SMILES string of the molecule is C=C1NC2=C(C(=O)CC(c3cccs3)C2)C(c2ccc(N(C)C)cc2)C1C(=O)OC. The van der Waals surface area contributed by atoms with Gasteiger partial charge in [-0.25, -0.2) is 0 Å². The van der Waals surface area contributed by atoms with Crippen LogP contribution in [-0.2, 0) is 14.3 Å². The largest absolute Gasteiger partial charge is 0.468 e. The summed E-state index contributed by atoms with van der Waals surface area (Å²) >= 11 is 1.68. The fourth-order valence-corrected chi connectivity index (χ4v) is 5.35. The van der Waals surface area contributed by atoms with Crippen molar-refractivity contribution >= 4 is 28.8 Å². The highest BCUT2D eigenvalue weighted by molar-refractivity contribution is 7.10. The molecule has 1 aliphatic heterocycles. The Labute approximate surface area is 181 Å². The summed E-state index contributed by atoms with van der Waals surface area (Å²) in [7, 11) is 5.34. The number of nitrogens with one attached hydrogen (secondary N) is 1. The normalized spacial score (nSPS) is 23.6. The molecule has 2 heterocycles. The number of carbonyl (C=O) groups excluding carboxylic acids is 2. The zero-order valence-electron chi connectivity index (χ0n) is 17.5. The number of methoxy groups -OCH3 is 1. The fraction of sp³-hybridized carbons (Fsp3) is 0.333. The zero-order chi connectivity index (χ0) is 21.4. The predicted molar refractivity (Wildman–Crippen MR) is 120 cm³/mol. The minimum Gasteiger partial charge on any atom is -0.468 e. The number of ether oxygens (including phenoxy) is 1. The van der Waals surface area contributed by atoms with E-state index >= 15 is 0 Å². The summed E-state index contributed by atoms with van der Waals surface area (Å²) in [6.45, 7) is 4.13. The van der Waals surface area contributed by atoms with Gasteiger partial charge in [0, 0.05) is 59.9 Å². The minimum atomic E-state index is -0.638. The quantitative estimate of drug-likeness (QED) is 0.748. The van der Waals surface area contributed by atoms with Gasteiger partial charge in [0.15, 0.2) is 5.78 Å². The highest BCUT2D eigenvalue weighted by Crippen LogP contribution is 2.47. The first-order valence-corrected chi connectivity index (χ1v) is 10.9. The van der Waals surface area contributed by atoms with Gasteiger partial charge in [-0.05, 0) is 35.6 Å². The Balaban J connectivity index is 1.80. The molecule has 0 saturated carbocycles. The molecule has 156 valence electrons. The second-order valence-electron chi connectivity index (χ2n) is 8.05. The molecule has 0 fully saturated rings. The Morgan fingerprint density at radius 1 is 1.20 bits per heavy atom. The Hall–Kier alpha value is -2.86. The van der Waals surface area contributed by atoms with E-state index in [1.165, 1.54) is 12.0 Å². The van der Waals surface area contributed by atoms with Gasteiger partial charge in [-0.1, -0.05) is 24.8 Å². The van der Waals surface area contributed by atoms with Gasteiger partial charge in [0.1, 0.15) is 5.92 Å². The van der Waals surface area contributed by atoms with Gasteiger partial charge in [-0.15, -0.1) is 11.3 Å². The second kappa shape index (κ2) is 8.11. The first kappa shape index (κ1) is 20.4. The molecule has 30 heavy (non-hydrogen) atoms. The summed E-state index contributed by atoms with van der Waals surface area (Å²) in [6.07, 6.45) is 1.19. The van der Waals surface area contributed by atoms with Crippen molar-refractivity contribution in [3.63, 3.8) is 0 Å². The monoisotopic (exact) mass is 422 g/mol. The van der Waals surface area contributed by atoms with Gasteiger partial charge >= 0.3 is 5.97 Å². The van der Waals surface area contributed by atoms with Crippen molar-refractivity contribution in [1.29, 1.82) is 0 Å². The van der Waals surface area contributed by atoms with Crippen LogP contribution in [-0.4, -0.2) is 33.0 Å². The maximum Gasteiger partial charge on any atom is 0.315 e. The van der Waals surface area contributed by atoms with Gasteiger partial charge in [0.25, 0.3) is 0 Å². The second-order valence-corrected chi connectivity index (χ2v) is 9.03. The van der Waals surface area contributed by atoms with E-state index in [0.717, 1.165) is 23.4 Å². The van der Waals surface area contributed by atoms with Crippen LogP contribution in [0.4, 0.5) is 5.69 Å². The molecule has 3 unspecified atom stereocenters. The van der Waals surface area contributed by atoms with Crippen LogP contribution in [0.2, 0.25) is 0 Å². The van der Waals surface area contributed by atoms with Crippen LogP contribution < -0.4 is 10.2 Å². The minimum absolute atomic E-state index is 0.0882. The molecule has 1 aromatic heterocycles. The zero-order valence-corrected chi connectivity index (χ0v) is 18.3. The lowest BCUT2D eigenvalue weighted by Crippen LogP contribution is -2.41. The Kier molecular flexibility index (Phi) is 5.52. The van der Waals surface area contributed by atoms with E-state index in [0.29, 0.717) is 17.7 Å². The van der Waals surface area contributed by atoms with Crippen molar-refractivity contribution in [2.75, 3.05) is 26.1 Å². The Bertz CT molecular complexity index is 1010. The van der Waals surface area contributed by atoms with Crippen molar-refractivity contribution in [2.45, 2.75) is 24.7 Å². The van der Waals surface area contributed by atoms with Crippen LogP contribution in [0.1, 0.15) is 35.1 Å². The van der Waals surface area contributed by atoms with Crippen LogP contribution in [0.15, 0.2) is 65.3 Å². The summed E-state index contributed by atoms with van der Waals surface area (Å²) in [6, 6.07) is 12.1. The standard InChI is InChI=1S/C24H26N2O3S/c1-14-21(24(28)29-4)22(15-7-9-17(10-8-15)26(2)3)23-18(25-14)12-16(13-19(23)27)20-6-5-11-30-20/h5-11,16,21-22,25H,1,12-13H2,2-4H3. The molecule has 0 saturated heterocycles. The summed E-state index contributed by atoms with van der Waals surface area (Å²) in [5.41, 5.74) is 4.15. The van der Waals surface area contributed by atoms with Gasteiger partial charge in [-0.3, -0.25) is 9.59 Å². The first-order chi connectivity index (χ1) is 14.4. The fourth-order valence-electron chi connectivity index (χ4n) is 4.52. The lowest BCUT2D eigenvalue weighted by molar-refractivity contribution is -0.144. The number of rotatable bonds is 4. The molecule has 5 nitrogen and oxygen atoms in total. The van der Waals surface area contributed by atoms with E-state index in [9.17, 15) is 9.59 Å². The molecule has 2 aliphatic rings. The molecule has 0 amide bonds. The van der Waals surface area contributed by atoms with E-state index in [2.05, 4.69) is 18.0 Å². The van der Waals surface area contributed by atoms with Gasteiger partial charge < -0.3 is 15.0 Å². The van der Waals surface area contributed by atoms with Crippen molar-refractivity contribution in [2.24, 2.45) is 5.92 Å². The molecule has 2 aromatic rings.